The second-order valence-electron chi connectivity index (χ2n) is 4.62. The number of carbonyl (C=O) groups is 1. The minimum atomic E-state index is -0.0396. The van der Waals surface area contributed by atoms with Gasteiger partial charge in [-0.3, -0.25) is 4.79 Å². The highest BCUT2D eigenvalue weighted by molar-refractivity contribution is 5.94. The van der Waals surface area contributed by atoms with Crippen LogP contribution < -0.4 is 5.32 Å². The van der Waals surface area contributed by atoms with E-state index in [0.717, 1.165) is 17.5 Å². The number of aliphatic hydroxyl groups is 1. The molecule has 0 aliphatic rings. The zero-order valence-corrected chi connectivity index (χ0v) is 10.8. The van der Waals surface area contributed by atoms with Gasteiger partial charge >= 0.3 is 0 Å². The van der Waals surface area contributed by atoms with Crippen molar-refractivity contribution in [3.63, 3.8) is 0 Å². The van der Waals surface area contributed by atoms with Crippen LogP contribution in [0.15, 0.2) is 18.2 Å². The molecule has 1 rings (SSSR count). The van der Waals surface area contributed by atoms with Gasteiger partial charge in [0.2, 0.25) is 0 Å². The second-order valence-corrected chi connectivity index (χ2v) is 4.62. The van der Waals surface area contributed by atoms with Crippen molar-refractivity contribution in [1.82, 2.24) is 5.32 Å². The van der Waals surface area contributed by atoms with Crippen LogP contribution in [-0.2, 0) is 0 Å². The molecule has 1 amide bonds. The predicted octanol–water partition coefficient (Wildman–Crippen LogP) is 2.19. The van der Waals surface area contributed by atoms with E-state index in [4.69, 9.17) is 5.11 Å². The van der Waals surface area contributed by atoms with Crippen LogP contribution in [0.2, 0.25) is 0 Å². The summed E-state index contributed by atoms with van der Waals surface area (Å²) in [6.45, 7) is 6.10. The van der Waals surface area contributed by atoms with E-state index in [2.05, 4.69) is 5.32 Å². The van der Waals surface area contributed by atoms with Gasteiger partial charge in [0.05, 0.1) is 0 Å². The molecule has 0 aliphatic heterocycles. The van der Waals surface area contributed by atoms with Crippen molar-refractivity contribution in [2.75, 3.05) is 6.61 Å². The lowest BCUT2D eigenvalue weighted by atomic mass is 10.1. The lowest BCUT2D eigenvalue weighted by Crippen LogP contribution is -2.32. The van der Waals surface area contributed by atoms with E-state index >= 15 is 0 Å². The molecule has 1 aromatic rings. The van der Waals surface area contributed by atoms with Gasteiger partial charge in [-0.15, -0.1) is 0 Å². The van der Waals surface area contributed by atoms with E-state index in [1.165, 1.54) is 0 Å². The Kier molecular flexibility index (Phi) is 5.16. The van der Waals surface area contributed by atoms with Crippen LogP contribution in [0.4, 0.5) is 0 Å². The fourth-order valence-electron chi connectivity index (χ4n) is 1.88. The first-order chi connectivity index (χ1) is 8.02. The third kappa shape index (κ3) is 4.57. The Morgan fingerprint density at radius 3 is 2.41 bits per heavy atom. The summed E-state index contributed by atoms with van der Waals surface area (Å²) in [4.78, 5) is 11.9. The number of hydrogen-bond donors (Lipinski definition) is 2. The Hall–Kier alpha value is -1.35. The Morgan fingerprint density at radius 1 is 1.29 bits per heavy atom. The van der Waals surface area contributed by atoms with Crippen LogP contribution >= 0.6 is 0 Å². The van der Waals surface area contributed by atoms with E-state index in [1.54, 1.807) is 0 Å². The second kappa shape index (κ2) is 6.40. The smallest absolute Gasteiger partial charge is 0.251 e. The molecule has 3 heteroatoms. The molecule has 0 saturated carbocycles. The zero-order chi connectivity index (χ0) is 12.8. The standard InChI is InChI=1S/C14H21NO2/c1-10-7-11(2)9-13(8-10)14(17)15-12(3)5-4-6-16/h7-9,12,16H,4-6H2,1-3H3,(H,15,17). The summed E-state index contributed by atoms with van der Waals surface area (Å²) in [5.74, 6) is -0.0396. The number of aryl methyl sites for hydroxylation is 2. The predicted molar refractivity (Wildman–Crippen MR) is 69.2 cm³/mol. The molecular weight excluding hydrogens is 214 g/mol. The molecule has 94 valence electrons. The van der Waals surface area contributed by atoms with E-state index < -0.39 is 0 Å². The number of aliphatic hydroxyl groups excluding tert-OH is 1. The number of rotatable bonds is 5. The summed E-state index contributed by atoms with van der Waals surface area (Å²) in [7, 11) is 0. The SMILES string of the molecule is Cc1cc(C)cc(C(=O)NC(C)CCCO)c1. The zero-order valence-electron chi connectivity index (χ0n) is 10.8. The molecule has 1 atom stereocenters. The molecule has 0 fully saturated rings. The average molecular weight is 235 g/mol. The highest BCUT2D eigenvalue weighted by atomic mass is 16.2. The molecule has 0 aromatic heterocycles. The van der Waals surface area contributed by atoms with E-state index in [1.807, 2.05) is 39.0 Å². The Labute approximate surface area is 103 Å². The van der Waals surface area contributed by atoms with Crippen LogP contribution in [0, 0.1) is 13.8 Å². The third-order valence-corrected chi connectivity index (χ3v) is 2.66. The van der Waals surface area contributed by atoms with Crippen molar-refractivity contribution in [3.8, 4) is 0 Å². The van der Waals surface area contributed by atoms with Crippen molar-refractivity contribution in [3.05, 3.63) is 34.9 Å². The summed E-state index contributed by atoms with van der Waals surface area (Å²) in [6, 6.07) is 5.92. The largest absolute Gasteiger partial charge is 0.396 e. The minimum Gasteiger partial charge on any atom is -0.396 e. The maximum absolute atomic E-state index is 11.9. The van der Waals surface area contributed by atoms with Crippen molar-refractivity contribution in [1.29, 1.82) is 0 Å². The van der Waals surface area contributed by atoms with Crippen molar-refractivity contribution in [2.45, 2.75) is 39.7 Å². The molecule has 0 radical (unpaired) electrons. The number of carbonyl (C=O) groups excluding carboxylic acids is 1. The van der Waals surface area contributed by atoms with Gasteiger partial charge in [0.1, 0.15) is 0 Å². The van der Waals surface area contributed by atoms with E-state index in [-0.39, 0.29) is 18.6 Å². The molecule has 0 bridgehead atoms. The van der Waals surface area contributed by atoms with Crippen molar-refractivity contribution < 1.29 is 9.90 Å². The lowest BCUT2D eigenvalue weighted by molar-refractivity contribution is 0.0936. The first-order valence-electron chi connectivity index (χ1n) is 6.03. The molecular formula is C14H21NO2. The maximum Gasteiger partial charge on any atom is 0.251 e. The van der Waals surface area contributed by atoms with E-state index in [9.17, 15) is 4.79 Å². The fourth-order valence-corrected chi connectivity index (χ4v) is 1.88. The van der Waals surface area contributed by atoms with Gasteiger partial charge in [0.15, 0.2) is 0 Å². The molecule has 0 aliphatic carbocycles. The van der Waals surface area contributed by atoms with Gasteiger partial charge in [0, 0.05) is 18.2 Å². The first-order valence-corrected chi connectivity index (χ1v) is 6.03. The van der Waals surface area contributed by atoms with Gasteiger partial charge in [0.25, 0.3) is 5.91 Å². The first kappa shape index (κ1) is 13.7. The van der Waals surface area contributed by atoms with Crippen LogP contribution in [0.5, 0.6) is 0 Å². The quantitative estimate of drug-likeness (QED) is 0.822. The van der Waals surface area contributed by atoms with Crippen LogP contribution in [0.25, 0.3) is 0 Å². The Balaban J connectivity index is 2.63. The minimum absolute atomic E-state index is 0.0396. The molecule has 0 saturated heterocycles. The summed E-state index contributed by atoms with van der Waals surface area (Å²) in [5, 5.41) is 11.7. The Bertz CT molecular complexity index is 368. The van der Waals surface area contributed by atoms with Gasteiger partial charge < -0.3 is 10.4 Å². The summed E-state index contributed by atoms with van der Waals surface area (Å²) >= 11 is 0. The van der Waals surface area contributed by atoms with Crippen LogP contribution in [0.3, 0.4) is 0 Å². The number of amides is 1. The summed E-state index contributed by atoms with van der Waals surface area (Å²) < 4.78 is 0. The van der Waals surface area contributed by atoms with Gasteiger partial charge in [-0.05, 0) is 45.7 Å². The van der Waals surface area contributed by atoms with Crippen molar-refractivity contribution in [2.24, 2.45) is 0 Å². The maximum atomic E-state index is 11.9. The van der Waals surface area contributed by atoms with Crippen molar-refractivity contribution >= 4 is 5.91 Å². The molecule has 2 N–H and O–H groups in total. The third-order valence-electron chi connectivity index (χ3n) is 2.66. The lowest BCUT2D eigenvalue weighted by Gasteiger charge is -2.13. The fraction of sp³-hybridized carbons (Fsp3) is 0.500. The monoisotopic (exact) mass is 235 g/mol. The molecule has 0 heterocycles. The number of hydrogen-bond acceptors (Lipinski definition) is 2. The highest BCUT2D eigenvalue weighted by Gasteiger charge is 2.10. The topological polar surface area (TPSA) is 49.3 Å². The van der Waals surface area contributed by atoms with E-state index in [0.29, 0.717) is 12.0 Å². The van der Waals surface area contributed by atoms with Crippen LogP contribution in [-0.4, -0.2) is 23.7 Å². The normalized spacial score (nSPS) is 12.2. The summed E-state index contributed by atoms with van der Waals surface area (Å²) in [6.07, 6.45) is 1.52. The molecule has 3 nitrogen and oxygen atoms in total. The molecule has 1 unspecified atom stereocenters. The van der Waals surface area contributed by atoms with Crippen LogP contribution in [0.1, 0.15) is 41.3 Å². The molecule has 1 aromatic carbocycles. The van der Waals surface area contributed by atoms with Gasteiger partial charge in [-0.1, -0.05) is 17.2 Å². The number of benzene rings is 1. The molecule has 0 spiro atoms. The highest BCUT2D eigenvalue weighted by Crippen LogP contribution is 2.09. The molecule has 17 heavy (non-hydrogen) atoms. The average Bonchev–Trinajstić information content (AvgIpc) is 2.25. The van der Waals surface area contributed by atoms with Gasteiger partial charge in [-0.2, -0.15) is 0 Å². The van der Waals surface area contributed by atoms with Gasteiger partial charge in [-0.25, -0.2) is 0 Å². The Morgan fingerprint density at radius 2 is 1.88 bits per heavy atom. The number of nitrogens with one attached hydrogen (secondary N) is 1. The summed E-state index contributed by atoms with van der Waals surface area (Å²) in [5.41, 5.74) is 2.90.